The van der Waals surface area contributed by atoms with Gasteiger partial charge >= 0.3 is 5.97 Å². The lowest BCUT2D eigenvalue weighted by Gasteiger charge is -2.23. The fraction of sp³-hybridized carbons (Fsp3) is 0.467. The van der Waals surface area contributed by atoms with Crippen molar-refractivity contribution in [3.8, 4) is 0 Å². The summed E-state index contributed by atoms with van der Waals surface area (Å²) in [5.41, 5.74) is -0.0633. The maximum atomic E-state index is 13.8. The number of hydrogen-bond acceptors (Lipinski definition) is 2. The molecule has 2 N–H and O–H groups in total. The van der Waals surface area contributed by atoms with Gasteiger partial charge in [-0.25, -0.2) is 4.39 Å². The summed E-state index contributed by atoms with van der Waals surface area (Å²) in [6, 6.07) is 3.75. The Morgan fingerprint density at radius 1 is 1.24 bits per heavy atom. The third-order valence-corrected chi connectivity index (χ3v) is 4.32. The van der Waals surface area contributed by atoms with Gasteiger partial charge < -0.3 is 10.4 Å². The van der Waals surface area contributed by atoms with E-state index in [1.165, 1.54) is 12.1 Å². The van der Waals surface area contributed by atoms with Crippen LogP contribution >= 0.6 is 15.9 Å². The molecular formula is C15H17BrFNO3. The molecule has 0 radical (unpaired) electrons. The van der Waals surface area contributed by atoms with Crippen molar-refractivity contribution in [1.29, 1.82) is 0 Å². The van der Waals surface area contributed by atoms with Crippen LogP contribution in [-0.4, -0.2) is 23.0 Å². The summed E-state index contributed by atoms with van der Waals surface area (Å²) in [4.78, 5) is 23.5. The van der Waals surface area contributed by atoms with E-state index in [2.05, 4.69) is 21.2 Å². The number of aliphatic carboxylic acids is 1. The zero-order valence-electron chi connectivity index (χ0n) is 11.4. The van der Waals surface area contributed by atoms with E-state index in [1.54, 1.807) is 6.07 Å². The number of halogens is 2. The van der Waals surface area contributed by atoms with Crippen molar-refractivity contribution in [1.82, 2.24) is 5.32 Å². The van der Waals surface area contributed by atoms with Gasteiger partial charge in [-0.15, -0.1) is 0 Å². The number of carboxylic acids is 1. The molecule has 0 aromatic heterocycles. The maximum Gasteiger partial charge on any atom is 0.308 e. The summed E-state index contributed by atoms with van der Waals surface area (Å²) in [6.07, 6.45) is 3.83. The van der Waals surface area contributed by atoms with Crippen molar-refractivity contribution < 1.29 is 19.1 Å². The molecule has 0 aliphatic heterocycles. The Morgan fingerprint density at radius 2 is 1.95 bits per heavy atom. The third kappa shape index (κ3) is 4.03. The molecule has 2 atom stereocenters. The number of amides is 1. The normalized spacial score (nSPS) is 22.4. The summed E-state index contributed by atoms with van der Waals surface area (Å²) in [5.74, 6) is -2.69. The monoisotopic (exact) mass is 357 g/mol. The van der Waals surface area contributed by atoms with Crippen LogP contribution in [0.4, 0.5) is 4.39 Å². The summed E-state index contributed by atoms with van der Waals surface area (Å²) < 4.78 is 14.3. The molecule has 6 heteroatoms. The summed E-state index contributed by atoms with van der Waals surface area (Å²) in [5, 5.41) is 12.0. The second-order valence-corrected chi connectivity index (χ2v) is 6.20. The van der Waals surface area contributed by atoms with Crippen LogP contribution in [0.25, 0.3) is 0 Å². The summed E-state index contributed by atoms with van der Waals surface area (Å²) in [6.45, 7) is 0. The van der Waals surface area contributed by atoms with Crippen LogP contribution < -0.4 is 5.32 Å². The number of carboxylic acid groups (broad SMARTS) is 1. The molecule has 1 aromatic rings. The predicted molar refractivity (Wildman–Crippen MR) is 79.6 cm³/mol. The Morgan fingerprint density at radius 3 is 2.62 bits per heavy atom. The SMILES string of the molecule is O=C(NC1CCCCCC1C(=O)O)c1ccc(Br)cc1F. The zero-order chi connectivity index (χ0) is 15.4. The highest BCUT2D eigenvalue weighted by Crippen LogP contribution is 2.24. The Labute approximate surface area is 130 Å². The van der Waals surface area contributed by atoms with Gasteiger partial charge in [0.15, 0.2) is 0 Å². The maximum absolute atomic E-state index is 13.8. The van der Waals surface area contributed by atoms with E-state index in [9.17, 15) is 19.1 Å². The van der Waals surface area contributed by atoms with Crippen LogP contribution in [0.2, 0.25) is 0 Å². The van der Waals surface area contributed by atoms with Gasteiger partial charge in [-0.2, -0.15) is 0 Å². The Kier molecular flexibility index (Phi) is 5.33. The molecule has 1 aromatic carbocycles. The van der Waals surface area contributed by atoms with Crippen molar-refractivity contribution in [3.63, 3.8) is 0 Å². The Bertz CT molecular complexity index is 550. The lowest BCUT2D eigenvalue weighted by Crippen LogP contribution is -2.43. The first-order chi connectivity index (χ1) is 9.99. The minimum absolute atomic E-state index is 0.0633. The van der Waals surface area contributed by atoms with Crippen molar-refractivity contribution in [3.05, 3.63) is 34.1 Å². The smallest absolute Gasteiger partial charge is 0.308 e. The Hall–Kier alpha value is -1.43. The second kappa shape index (κ2) is 7.02. The fourth-order valence-corrected chi connectivity index (χ4v) is 3.03. The molecule has 114 valence electrons. The molecular weight excluding hydrogens is 341 g/mol. The number of nitrogens with one attached hydrogen (secondary N) is 1. The highest BCUT2D eigenvalue weighted by Gasteiger charge is 2.31. The highest BCUT2D eigenvalue weighted by molar-refractivity contribution is 9.10. The zero-order valence-corrected chi connectivity index (χ0v) is 13.0. The lowest BCUT2D eigenvalue weighted by molar-refractivity contribution is -0.142. The van der Waals surface area contributed by atoms with Gasteiger partial charge in [0, 0.05) is 10.5 Å². The van der Waals surface area contributed by atoms with E-state index in [0.29, 0.717) is 17.3 Å². The topological polar surface area (TPSA) is 66.4 Å². The first kappa shape index (κ1) is 15.9. The number of carbonyl (C=O) groups excluding carboxylic acids is 1. The van der Waals surface area contributed by atoms with Gasteiger partial charge in [-0.1, -0.05) is 35.2 Å². The molecule has 0 saturated heterocycles. The second-order valence-electron chi connectivity index (χ2n) is 5.29. The van der Waals surface area contributed by atoms with Gasteiger partial charge in [-0.3, -0.25) is 9.59 Å². The fourth-order valence-electron chi connectivity index (χ4n) is 2.70. The molecule has 0 spiro atoms. The van der Waals surface area contributed by atoms with Crippen LogP contribution in [0.3, 0.4) is 0 Å². The first-order valence-electron chi connectivity index (χ1n) is 6.98. The molecule has 2 rings (SSSR count). The van der Waals surface area contributed by atoms with Gasteiger partial charge in [0.25, 0.3) is 5.91 Å². The number of benzene rings is 1. The molecule has 1 fully saturated rings. The average molecular weight is 358 g/mol. The summed E-state index contributed by atoms with van der Waals surface area (Å²) >= 11 is 3.13. The molecule has 2 unspecified atom stereocenters. The van der Waals surface area contributed by atoms with Crippen LogP contribution in [-0.2, 0) is 4.79 Å². The van der Waals surface area contributed by atoms with Crippen molar-refractivity contribution in [2.75, 3.05) is 0 Å². The van der Waals surface area contributed by atoms with Crippen molar-refractivity contribution in [2.45, 2.75) is 38.1 Å². The average Bonchev–Trinajstić information content (AvgIpc) is 2.63. The van der Waals surface area contributed by atoms with E-state index < -0.39 is 29.7 Å². The van der Waals surface area contributed by atoms with Crippen molar-refractivity contribution >= 4 is 27.8 Å². The molecule has 1 amide bonds. The van der Waals surface area contributed by atoms with E-state index in [1.807, 2.05) is 0 Å². The van der Waals surface area contributed by atoms with Gasteiger partial charge in [-0.05, 0) is 31.0 Å². The molecule has 1 aliphatic carbocycles. The van der Waals surface area contributed by atoms with Crippen LogP contribution in [0.15, 0.2) is 22.7 Å². The van der Waals surface area contributed by atoms with Crippen LogP contribution in [0.1, 0.15) is 42.5 Å². The van der Waals surface area contributed by atoms with E-state index in [-0.39, 0.29) is 5.56 Å². The minimum Gasteiger partial charge on any atom is -0.481 e. The largest absolute Gasteiger partial charge is 0.481 e. The molecule has 0 heterocycles. The third-order valence-electron chi connectivity index (χ3n) is 3.83. The summed E-state index contributed by atoms with van der Waals surface area (Å²) in [7, 11) is 0. The van der Waals surface area contributed by atoms with Crippen LogP contribution in [0, 0.1) is 11.7 Å². The van der Waals surface area contributed by atoms with Crippen LogP contribution in [0.5, 0.6) is 0 Å². The van der Waals surface area contributed by atoms with Crippen molar-refractivity contribution in [2.24, 2.45) is 5.92 Å². The quantitative estimate of drug-likeness (QED) is 0.815. The number of hydrogen-bond donors (Lipinski definition) is 2. The predicted octanol–water partition coefficient (Wildman–Crippen LogP) is 3.35. The number of rotatable bonds is 3. The molecule has 0 bridgehead atoms. The standard InChI is InChI=1S/C15H17BrFNO3/c16-9-6-7-10(12(17)8-9)14(19)18-13-5-3-1-2-4-11(13)15(20)21/h6-8,11,13H,1-5H2,(H,18,19)(H,20,21). The molecule has 21 heavy (non-hydrogen) atoms. The molecule has 1 aliphatic rings. The van der Waals surface area contributed by atoms with Gasteiger partial charge in [0.2, 0.25) is 0 Å². The van der Waals surface area contributed by atoms with E-state index in [0.717, 1.165) is 19.3 Å². The van der Waals surface area contributed by atoms with E-state index in [4.69, 9.17) is 0 Å². The molecule has 4 nitrogen and oxygen atoms in total. The van der Waals surface area contributed by atoms with Gasteiger partial charge in [0.05, 0.1) is 11.5 Å². The number of carbonyl (C=O) groups is 2. The minimum atomic E-state index is -0.904. The van der Waals surface area contributed by atoms with E-state index >= 15 is 0 Å². The lowest BCUT2D eigenvalue weighted by atomic mass is 9.94. The Balaban J connectivity index is 2.14. The highest BCUT2D eigenvalue weighted by atomic mass is 79.9. The molecule has 1 saturated carbocycles. The van der Waals surface area contributed by atoms with Gasteiger partial charge in [0.1, 0.15) is 5.82 Å². The first-order valence-corrected chi connectivity index (χ1v) is 7.77.